The first-order chi connectivity index (χ1) is 19.3. The van der Waals surface area contributed by atoms with E-state index in [4.69, 9.17) is 28.0 Å². The summed E-state index contributed by atoms with van der Waals surface area (Å²) in [5.74, 6) is -2.59. The largest absolute Gasteiger partial charge is 0.573 e. The van der Waals surface area contributed by atoms with Crippen molar-refractivity contribution in [2.45, 2.75) is 36.4 Å². The molecule has 1 amide bonds. The maximum Gasteiger partial charge on any atom is 0.573 e. The number of oxime groups is 1. The fourth-order valence-corrected chi connectivity index (χ4v) is 5.73. The highest BCUT2D eigenvalue weighted by Gasteiger charge is 2.62. The second-order valence-corrected chi connectivity index (χ2v) is 12.2. The van der Waals surface area contributed by atoms with E-state index in [2.05, 4.69) is 14.3 Å². The number of hydrogen-bond acceptors (Lipinski definition) is 5. The summed E-state index contributed by atoms with van der Waals surface area (Å²) in [6.45, 7) is 1.46. The van der Waals surface area contributed by atoms with Crippen molar-refractivity contribution in [1.29, 1.82) is 0 Å². The van der Waals surface area contributed by atoms with Gasteiger partial charge in [0.25, 0.3) is 11.5 Å². The molecule has 224 valence electrons. The zero-order chi connectivity index (χ0) is 31.3. The Hall–Kier alpha value is -3.36. The molecule has 0 aliphatic carbocycles. The van der Waals surface area contributed by atoms with Crippen molar-refractivity contribution < 1.29 is 49.3 Å². The first-order valence-corrected chi connectivity index (χ1v) is 14.2. The highest BCUT2D eigenvalue weighted by Crippen LogP contribution is 2.50. The van der Waals surface area contributed by atoms with E-state index in [1.54, 1.807) is 0 Å². The summed E-state index contributed by atoms with van der Waals surface area (Å²) in [4.78, 5) is 17.7. The number of nitrogens with zero attached hydrogens (tertiary/aromatic N) is 2. The molecule has 0 N–H and O–H groups in total. The number of aryl methyl sites for hydroxylation is 1. The molecule has 0 saturated heterocycles. The molecule has 2 atom stereocenters. The first-order valence-electron chi connectivity index (χ1n) is 11.5. The summed E-state index contributed by atoms with van der Waals surface area (Å²) in [5.41, 5.74) is -3.37. The number of benzene rings is 3. The van der Waals surface area contributed by atoms with Crippen molar-refractivity contribution >= 4 is 44.5 Å². The molecule has 3 aromatic carbocycles. The molecule has 0 spiro atoms. The minimum atomic E-state index is -5.02. The minimum Gasteiger partial charge on any atom is -0.406 e. The van der Waals surface area contributed by atoms with Gasteiger partial charge in [-0.2, -0.15) is 17.5 Å². The molecule has 0 fully saturated rings. The lowest BCUT2D eigenvalue weighted by atomic mass is 9.86. The summed E-state index contributed by atoms with van der Waals surface area (Å²) >= 11 is 11.4. The van der Waals surface area contributed by atoms with Crippen molar-refractivity contribution in [3.05, 3.63) is 92.7 Å². The number of ether oxygens (including phenoxy) is 1. The molecule has 0 saturated carbocycles. The van der Waals surface area contributed by atoms with Crippen LogP contribution in [0.5, 0.6) is 5.75 Å². The normalized spacial score (nSPS) is 18.6. The summed E-state index contributed by atoms with van der Waals surface area (Å²) in [5, 5.41) is 2.33. The van der Waals surface area contributed by atoms with Crippen LogP contribution in [0.1, 0.15) is 33.5 Å². The van der Waals surface area contributed by atoms with Crippen LogP contribution in [-0.2, 0) is 20.2 Å². The van der Waals surface area contributed by atoms with Gasteiger partial charge in [0.05, 0.1) is 25.5 Å². The fourth-order valence-electron chi connectivity index (χ4n) is 4.08. The van der Waals surface area contributed by atoms with E-state index in [0.29, 0.717) is 0 Å². The van der Waals surface area contributed by atoms with Crippen LogP contribution in [0.2, 0.25) is 10.0 Å². The van der Waals surface area contributed by atoms with Crippen LogP contribution in [-0.4, -0.2) is 34.6 Å². The van der Waals surface area contributed by atoms with Crippen LogP contribution in [0.25, 0.3) is 0 Å². The van der Waals surface area contributed by atoms with Crippen LogP contribution < -0.4 is 4.74 Å². The highest BCUT2D eigenvalue weighted by atomic mass is 35.5. The summed E-state index contributed by atoms with van der Waals surface area (Å²) < 4.78 is 114. The van der Waals surface area contributed by atoms with Gasteiger partial charge in [0, 0.05) is 28.7 Å². The predicted molar refractivity (Wildman–Crippen MR) is 140 cm³/mol. The molecule has 1 aliphatic heterocycles. The quantitative estimate of drug-likeness (QED) is 0.205. The van der Waals surface area contributed by atoms with Gasteiger partial charge in [-0.1, -0.05) is 34.4 Å². The Labute approximate surface area is 244 Å². The summed E-state index contributed by atoms with van der Waals surface area (Å²) in [6.07, 6.45) is -9.66. The van der Waals surface area contributed by atoms with Crippen LogP contribution in [0.3, 0.4) is 0 Å². The van der Waals surface area contributed by atoms with E-state index in [-0.39, 0.29) is 27.3 Å². The van der Waals surface area contributed by atoms with Gasteiger partial charge in [0.15, 0.2) is 5.82 Å². The number of amides is 1. The Morgan fingerprint density at radius 1 is 1.02 bits per heavy atom. The van der Waals surface area contributed by atoms with Gasteiger partial charge in [-0.3, -0.25) is 4.79 Å². The Bertz CT molecular complexity index is 1690. The van der Waals surface area contributed by atoms with Crippen molar-refractivity contribution in [3.63, 3.8) is 0 Å². The third kappa shape index (κ3) is 6.35. The summed E-state index contributed by atoms with van der Waals surface area (Å²) in [6, 6.07) is 9.37. The Balaban J connectivity index is 1.60. The average Bonchev–Trinajstić information content (AvgIpc) is 3.33. The van der Waals surface area contributed by atoms with E-state index in [0.717, 1.165) is 42.7 Å². The lowest BCUT2D eigenvalue weighted by molar-refractivity contribution is -0.276. The molecule has 0 aromatic heterocycles. The van der Waals surface area contributed by atoms with Crippen molar-refractivity contribution in [3.8, 4) is 5.75 Å². The molecule has 1 aliphatic rings. The van der Waals surface area contributed by atoms with E-state index in [9.17, 15) is 39.7 Å². The molecule has 16 heteroatoms. The van der Waals surface area contributed by atoms with Crippen LogP contribution in [0.4, 0.5) is 30.7 Å². The van der Waals surface area contributed by atoms with Crippen LogP contribution in [0, 0.1) is 12.7 Å². The van der Waals surface area contributed by atoms with Gasteiger partial charge >= 0.3 is 12.5 Å². The number of hydrogen-bond donors (Lipinski definition) is 0. The topological polar surface area (TPSA) is 77.3 Å². The Morgan fingerprint density at radius 2 is 1.62 bits per heavy atom. The maximum absolute atomic E-state index is 14.3. The van der Waals surface area contributed by atoms with Gasteiger partial charge < -0.3 is 9.57 Å². The highest BCUT2D eigenvalue weighted by molar-refractivity contribution is 7.93. The second kappa shape index (κ2) is 11.0. The van der Waals surface area contributed by atoms with Crippen molar-refractivity contribution in [1.82, 2.24) is 0 Å². The smallest absolute Gasteiger partial charge is 0.406 e. The Morgan fingerprint density at radius 3 is 2.14 bits per heavy atom. The predicted octanol–water partition coefficient (Wildman–Crippen LogP) is 8.22. The molecule has 3 aromatic rings. The molecule has 2 unspecified atom stereocenters. The van der Waals surface area contributed by atoms with Gasteiger partial charge in [0.2, 0.25) is 0 Å². The first kappa shape index (κ1) is 31.6. The average molecular weight is 657 g/mol. The van der Waals surface area contributed by atoms with E-state index < -0.39 is 67.4 Å². The molecule has 1 heterocycles. The summed E-state index contributed by atoms with van der Waals surface area (Å²) in [7, 11) is -3.41. The van der Waals surface area contributed by atoms with Gasteiger partial charge in [0.1, 0.15) is 5.75 Å². The molecule has 4 rings (SSSR count). The van der Waals surface area contributed by atoms with Crippen LogP contribution >= 0.6 is 23.2 Å². The monoisotopic (exact) mass is 656 g/mol. The lowest BCUT2D eigenvalue weighted by Crippen LogP contribution is -2.42. The van der Waals surface area contributed by atoms with Gasteiger partial charge in [-0.25, -0.2) is 8.60 Å². The van der Waals surface area contributed by atoms with Crippen LogP contribution in [0.15, 0.2) is 69.0 Å². The van der Waals surface area contributed by atoms with Crippen molar-refractivity contribution in [2.75, 3.05) is 6.26 Å². The third-order valence-electron chi connectivity index (χ3n) is 6.18. The number of carbonyl (C=O) groups excluding carboxylic acids is 1. The SMILES string of the molecule is Cc1cc(C2=NOC(c3cc(Cl)c(F)c(Cl)c3)(C(F)(F)F)C2)ccc1C(=O)N=S(C)(=O)c1ccc(OC(F)(F)F)cc1. The van der Waals surface area contributed by atoms with E-state index in [1.807, 2.05) is 0 Å². The van der Waals surface area contributed by atoms with Gasteiger partial charge in [-0.05, 0) is 66.6 Å². The molecule has 0 radical (unpaired) electrons. The maximum atomic E-state index is 14.3. The van der Waals surface area contributed by atoms with Crippen molar-refractivity contribution in [2.24, 2.45) is 9.52 Å². The number of rotatable bonds is 5. The zero-order valence-corrected chi connectivity index (χ0v) is 23.6. The lowest BCUT2D eigenvalue weighted by Gasteiger charge is -2.29. The molecular formula is C26H17Cl2F7N2O4S. The van der Waals surface area contributed by atoms with E-state index in [1.165, 1.54) is 25.1 Å². The third-order valence-corrected chi connectivity index (χ3v) is 8.39. The molecule has 0 bridgehead atoms. The number of carbonyl (C=O) groups is 1. The molecule has 6 nitrogen and oxygen atoms in total. The standard InChI is InChI=1S/C26H17Cl2F7N2O4S/c1-13-9-14(21-12-24(41-36-21,25(30,31)32)15-10-19(27)22(29)20(28)11-15)3-8-18(13)23(38)37-42(2,39)17-6-4-16(5-7-17)40-26(33,34)35/h3-11H,12H2,1-2H3. The molecular weight excluding hydrogens is 640 g/mol. The minimum absolute atomic E-state index is 0.0379. The zero-order valence-electron chi connectivity index (χ0n) is 21.2. The Kier molecular flexibility index (Phi) is 8.30. The fraction of sp³-hybridized carbons (Fsp3) is 0.231. The number of alkyl halides is 6. The number of halogens is 9. The van der Waals surface area contributed by atoms with E-state index >= 15 is 0 Å². The second-order valence-electron chi connectivity index (χ2n) is 9.13. The van der Waals surface area contributed by atoms with Gasteiger partial charge in [-0.15, -0.1) is 13.2 Å². The molecule has 42 heavy (non-hydrogen) atoms.